The number of amides is 1. The maximum absolute atomic E-state index is 12.0. The van der Waals surface area contributed by atoms with Crippen molar-refractivity contribution in [1.29, 1.82) is 0 Å². The molecule has 0 aliphatic heterocycles. The maximum atomic E-state index is 12.0. The lowest BCUT2D eigenvalue weighted by atomic mass is 10.1. The second-order valence-electron chi connectivity index (χ2n) is 3.50. The van der Waals surface area contributed by atoms with Crippen LogP contribution in [0.1, 0.15) is 12.0 Å². The van der Waals surface area contributed by atoms with E-state index in [-0.39, 0.29) is 18.0 Å². The third-order valence-electron chi connectivity index (χ3n) is 2.11. The smallest absolute Gasteiger partial charge is 0.397 e. The molecule has 7 heteroatoms. The molecule has 100 valence electrons. The Morgan fingerprint density at radius 1 is 1.44 bits per heavy atom. The zero-order valence-corrected chi connectivity index (χ0v) is 9.54. The summed E-state index contributed by atoms with van der Waals surface area (Å²) in [6.07, 6.45) is -6.13. The molecule has 0 spiro atoms. The van der Waals surface area contributed by atoms with Crippen molar-refractivity contribution in [3.63, 3.8) is 0 Å². The van der Waals surface area contributed by atoms with Crippen LogP contribution in [0.15, 0.2) is 18.2 Å². The van der Waals surface area contributed by atoms with Gasteiger partial charge in [-0.2, -0.15) is 13.2 Å². The van der Waals surface area contributed by atoms with E-state index < -0.39 is 18.5 Å². The number of benzene rings is 1. The SMILES string of the molecule is COc1c(CO)cccc1NC(=O)CC(F)(F)F. The minimum Gasteiger partial charge on any atom is -0.494 e. The van der Waals surface area contributed by atoms with Crippen LogP contribution < -0.4 is 10.1 Å². The minimum atomic E-state index is -4.56. The first-order valence-electron chi connectivity index (χ1n) is 5.00. The van der Waals surface area contributed by atoms with Gasteiger partial charge < -0.3 is 15.2 Å². The van der Waals surface area contributed by atoms with Gasteiger partial charge in [0.15, 0.2) is 0 Å². The van der Waals surface area contributed by atoms with Gasteiger partial charge in [-0.15, -0.1) is 0 Å². The monoisotopic (exact) mass is 263 g/mol. The normalized spacial score (nSPS) is 11.2. The lowest BCUT2D eigenvalue weighted by Gasteiger charge is -2.13. The summed E-state index contributed by atoms with van der Waals surface area (Å²) in [4.78, 5) is 11.1. The van der Waals surface area contributed by atoms with E-state index in [1.807, 2.05) is 0 Å². The van der Waals surface area contributed by atoms with E-state index in [0.29, 0.717) is 5.56 Å². The number of methoxy groups -OCH3 is 1. The first-order chi connectivity index (χ1) is 8.37. The van der Waals surface area contributed by atoms with Crippen LogP contribution in [0, 0.1) is 0 Å². The summed E-state index contributed by atoms with van der Waals surface area (Å²) >= 11 is 0. The lowest BCUT2D eigenvalue weighted by Crippen LogP contribution is -2.21. The van der Waals surface area contributed by atoms with Crippen molar-refractivity contribution in [3.8, 4) is 5.75 Å². The van der Waals surface area contributed by atoms with Crippen LogP contribution in [0.5, 0.6) is 5.75 Å². The van der Waals surface area contributed by atoms with Crippen LogP contribution >= 0.6 is 0 Å². The van der Waals surface area contributed by atoms with Gasteiger partial charge in [0, 0.05) is 5.56 Å². The molecule has 1 aromatic rings. The Hall–Kier alpha value is -1.76. The number of rotatable bonds is 4. The summed E-state index contributed by atoms with van der Waals surface area (Å²) in [7, 11) is 1.30. The molecule has 0 saturated heterocycles. The zero-order chi connectivity index (χ0) is 13.8. The standard InChI is InChI=1S/C11H12F3NO3/c1-18-10-7(6-16)3-2-4-8(10)15-9(17)5-11(12,13)14/h2-4,16H,5-6H2,1H3,(H,15,17). The highest BCUT2D eigenvalue weighted by atomic mass is 19.4. The van der Waals surface area contributed by atoms with Crippen molar-refractivity contribution in [2.45, 2.75) is 19.2 Å². The predicted octanol–water partition coefficient (Wildman–Crippen LogP) is 2.08. The molecule has 0 fully saturated rings. The number of hydrogen-bond acceptors (Lipinski definition) is 3. The van der Waals surface area contributed by atoms with Crippen molar-refractivity contribution < 1.29 is 27.8 Å². The molecular formula is C11H12F3NO3. The van der Waals surface area contributed by atoms with Gasteiger partial charge >= 0.3 is 6.18 Å². The molecule has 4 nitrogen and oxygen atoms in total. The fraction of sp³-hybridized carbons (Fsp3) is 0.364. The fourth-order valence-electron chi connectivity index (χ4n) is 1.43. The molecule has 0 radical (unpaired) electrons. The Labute approximate surface area is 101 Å². The Kier molecular flexibility index (Phi) is 4.55. The number of alkyl halides is 3. The molecule has 1 rings (SSSR count). The number of carbonyl (C=O) groups excluding carboxylic acids is 1. The molecule has 0 unspecified atom stereocenters. The lowest BCUT2D eigenvalue weighted by molar-refractivity contribution is -0.150. The summed E-state index contributed by atoms with van der Waals surface area (Å²) in [6, 6.07) is 4.43. The van der Waals surface area contributed by atoms with E-state index in [1.54, 1.807) is 0 Å². The molecular weight excluding hydrogens is 251 g/mol. The van der Waals surface area contributed by atoms with Crippen molar-refractivity contribution in [1.82, 2.24) is 0 Å². The van der Waals surface area contributed by atoms with Crippen LogP contribution in [0.2, 0.25) is 0 Å². The van der Waals surface area contributed by atoms with E-state index in [4.69, 9.17) is 9.84 Å². The third-order valence-corrected chi connectivity index (χ3v) is 2.11. The highest BCUT2D eigenvalue weighted by Gasteiger charge is 2.31. The summed E-state index contributed by atoms with van der Waals surface area (Å²) in [6.45, 7) is -0.341. The van der Waals surface area contributed by atoms with E-state index in [9.17, 15) is 18.0 Å². The fourth-order valence-corrected chi connectivity index (χ4v) is 1.43. The van der Waals surface area contributed by atoms with Gasteiger partial charge in [0.25, 0.3) is 0 Å². The topological polar surface area (TPSA) is 58.6 Å². The Morgan fingerprint density at radius 2 is 2.11 bits per heavy atom. The molecule has 1 aromatic carbocycles. The van der Waals surface area contributed by atoms with Crippen molar-refractivity contribution in [2.24, 2.45) is 0 Å². The van der Waals surface area contributed by atoms with Crippen LogP contribution in [-0.2, 0) is 11.4 Å². The molecule has 1 amide bonds. The average molecular weight is 263 g/mol. The number of aliphatic hydroxyl groups excluding tert-OH is 1. The van der Waals surface area contributed by atoms with Crippen molar-refractivity contribution in [3.05, 3.63) is 23.8 Å². The van der Waals surface area contributed by atoms with Crippen LogP contribution in [-0.4, -0.2) is 24.3 Å². The number of para-hydroxylation sites is 1. The number of ether oxygens (including phenoxy) is 1. The molecule has 0 saturated carbocycles. The molecule has 2 N–H and O–H groups in total. The van der Waals surface area contributed by atoms with Crippen molar-refractivity contribution in [2.75, 3.05) is 12.4 Å². The number of carbonyl (C=O) groups is 1. The Bertz CT molecular complexity index is 432. The first kappa shape index (κ1) is 14.3. The van der Waals surface area contributed by atoms with Crippen LogP contribution in [0.25, 0.3) is 0 Å². The van der Waals surface area contributed by atoms with E-state index in [1.165, 1.54) is 25.3 Å². The average Bonchev–Trinajstić information content (AvgIpc) is 2.25. The molecule has 0 atom stereocenters. The van der Waals surface area contributed by atoms with Gasteiger partial charge in [0.1, 0.15) is 12.2 Å². The molecule has 0 heterocycles. The molecule has 0 aliphatic carbocycles. The second kappa shape index (κ2) is 5.72. The molecule has 0 aliphatic rings. The van der Waals surface area contributed by atoms with Gasteiger partial charge in [0.2, 0.25) is 5.91 Å². The van der Waals surface area contributed by atoms with E-state index >= 15 is 0 Å². The summed E-state index contributed by atoms with van der Waals surface area (Å²) < 4.78 is 41.0. The number of nitrogens with one attached hydrogen (secondary N) is 1. The van der Waals surface area contributed by atoms with Crippen molar-refractivity contribution >= 4 is 11.6 Å². The Morgan fingerprint density at radius 3 is 2.61 bits per heavy atom. The number of aliphatic hydroxyl groups is 1. The van der Waals surface area contributed by atoms with E-state index in [0.717, 1.165) is 0 Å². The van der Waals surface area contributed by atoms with Crippen LogP contribution in [0.4, 0.5) is 18.9 Å². The highest BCUT2D eigenvalue weighted by molar-refractivity contribution is 5.92. The molecule has 18 heavy (non-hydrogen) atoms. The van der Waals surface area contributed by atoms with E-state index in [2.05, 4.69) is 5.32 Å². The predicted molar refractivity (Wildman–Crippen MR) is 58.2 cm³/mol. The second-order valence-corrected chi connectivity index (χ2v) is 3.50. The maximum Gasteiger partial charge on any atom is 0.397 e. The van der Waals surface area contributed by atoms with Gasteiger partial charge in [-0.1, -0.05) is 12.1 Å². The first-order valence-corrected chi connectivity index (χ1v) is 5.00. The number of hydrogen-bond donors (Lipinski definition) is 2. The summed E-state index contributed by atoms with van der Waals surface area (Å²) in [5.41, 5.74) is 0.473. The molecule has 0 aromatic heterocycles. The highest BCUT2D eigenvalue weighted by Crippen LogP contribution is 2.29. The summed E-state index contributed by atoms with van der Waals surface area (Å²) in [5, 5.41) is 11.1. The number of anilines is 1. The van der Waals surface area contributed by atoms with Gasteiger partial charge in [-0.05, 0) is 6.07 Å². The van der Waals surface area contributed by atoms with Gasteiger partial charge in [-0.3, -0.25) is 4.79 Å². The minimum absolute atomic E-state index is 0.0956. The van der Waals surface area contributed by atoms with Gasteiger partial charge in [-0.25, -0.2) is 0 Å². The Balaban J connectivity index is 2.87. The molecule has 0 bridgehead atoms. The van der Waals surface area contributed by atoms with Crippen LogP contribution in [0.3, 0.4) is 0 Å². The zero-order valence-electron chi connectivity index (χ0n) is 9.54. The third kappa shape index (κ3) is 3.92. The van der Waals surface area contributed by atoms with Gasteiger partial charge in [0.05, 0.1) is 19.4 Å². The largest absolute Gasteiger partial charge is 0.494 e. The quantitative estimate of drug-likeness (QED) is 0.874. The number of halogens is 3. The summed E-state index contributed by atoms with van der Waals surface area (Å²) in [5.74, 6) is -1.04.